The summed E-state index contributed by atoms with van der Waals surface area (Å²) in [5.74, 6) is 0. The number of nitrogens with zero attached hydrogens (tertiary/aromatic N) is 2. The fourth-order valence-corrected chi connectivity index (χ4v) is 4.48. The van der Waals surface area contributed by atoms with Crippen molar-refractivity contribution in [1.82, 2.24) is 9.13 Å². The molecule has 2 aromatic heterocycles. The van der Waals surface area contributed by atoms with Crippen LogP contribution in [0.25, 0.3) is 50.5 Å². The molecule has 0 aliphatic heterocycles. The van der Waals surface area contributed by atoms with Gasteiger partial charge in [0, 0.05) is 40.2 Å². The van der Waals surface area contributed by atoms with Crippen molar-refractivity contribution in [3.63, 3.8) is 0 Å². The van der Waals surface area contributed by atoms with E-state index in [2.05, 4.69) is 109 Å². The van der Waals surface area contributed by atoms with Crippen LogP contribution in [0.2, 0.25) is 0 Å². The maximum absolute atomic E-state index is 4.08. The molecule has 0 aliphatic carbocycles. The molecule has 0 N–H and O–H groups in total. The van der Waals surface area contributed by atoms with Crippen molar-refractivity contribution in [2.24, 2.45) is 7.05 Å². The molecule has 0 amide bonds. The highest BCUT2D eigenvalue weighted by Crippen LogP contribution is 2.39. The fraction of sp³-hybridized carbons (Fsp3) is 0.0769. The maximum atomic E-state index is 4.08. The number of aryl methyl sites for hydroxylation is 1. The zero-order valence-electron chi connectivity index (χ0n) is 16.2. The molecule has 2 heterocycles. The third-order valence-corrected chi connectivity index (χ3v) is 5.62. The minimum absolute atomic E-state index is 1.18. The topological polar surface area (TPSA) is 9.86 Å². The lowest BCUT2D eigenvalue weighted by molar-refractivity contribution is 0.957. The molecule has 5 rings (SSSR count). The highest BCUT2D eigenvalue weighted by atomic mass is 15.0. The van der Waals surface area contributed by atoms with Crippen LogP contribution in [0.1, 0.15) is 18.2 Å². The van der Waals surface area contributed by atoms with Gasteiger partial charge in [-0.05, 0) is 37.3 Å². The summed E-state index contributed by atoms with van der Waals surface area (Å²) in [7, 11) is 2.15. The van der Waals surface area contributed by atoms with E-state index in [0.29, 0.717) is 0 Å². The summed E-state index contributed by atoms with van der Waals surface area (Å²) in [6, 6.07) is 23.7. The molecular formula is C26H22N2. The minimum Gasteiger partial charge on any atom is -0.343 e. The third kappa shape index (κ3) is 2.15. The van der Waals surface area contributed by atoms with Gasteiger partial charge in [-0.15, -0.1) is 0 Å². The molecule has 0 fully saturated rings. The van der Waals surface area contributed by atoms with Gasteiger partial charge in [0.05, 0.1) is 16.6 Å². The SMILES string of the molecule is C=Cc1c(/C=C\C)n(C)c2c1ccc1c2c2ccccc2n1-c1ccccc1. The Morgan fingerprint density at radius 3 is 2.32 bits per heavy atom. The molecule has 28 heavy (non-hydrogen) atoms. The standard InChI is InChI=1S/C26H22N2/c1-4-11-22-19(5-2)20-16-17-24-25(26(20)27(22)3)21-14-9-10-15-23(21)28(24)18-12-7-6-8-13-18/h4-17H,2H2,1,3H3/b11-4-. The first-order valence-electron chi connectivity index (χ1n) is 9.61. The lowest BCUT2D eigenvalue weighted by Crippen LogP contribution is -1.93. The molecule has 0 unspecified atom stereocenters. The minimum atomic E-state index is 1.18. The molecule has 0 spiro atoms. The molecule has 0 aliphatic rings. The number of allylic oxidation sites excluding steroid dienone is 1. The molecule has 0 saturated heterocycles. The summed E-state index contributed by atoms with van der Waals surface area (Å²) in [5.41, 5.74) is 7.27. The van der Waals surface area contributed by atoms with Gasteiger partial charge in [-0.2, -0.15) is 0 Å². The molecule has 2 heteroatoms. The van der Waals surface area contributed by atoms with Gasteiger partial charge >= 0.3 is 0 Å². The number of hydrogen-bond donors (Lipinski definition) is 0. The van der Waals surface area contributed by atoms with Crippen LogP contribution in [0, 0.1) is 0 Å². The number of rotatable bonds is 3. The van der Waals surface area contributed by atoms with Crippen molar-refractivity contribution in [2.45, 2.75) is 6.92 Å². The average Bonchev–Trinajstić information content (AvgIpc) is 3.21. The van der Waals surface area contributed by atoms with E-state index in [1.165, 1.54) is 49.7 Å². The van der Waals surface area contributed by atoms with Crippen molar-refractivity contribution in [3.8, 4) is 5.69 Å². The van der Waals surface area contributed by atoms with Gasteiger partial charge in [0.1, 0.15) is 0 Å². The van der Waals surface area contributed by atoms with Crippen LogP contribution < -0.4 is 0 Å². The van der Waals surface area contributed by atoms with Crippen LogP contribution in [-0.2, 0) is 7.05 Å². The molecule has 0 atom stereocenters. The molecule has 0 saturated carbocycles. The quantitative estimate of drug-likeness (QED) is 0.328. The summed E-state index contributed by atoms with van der Waals surface area (Å²) in [5, 5.41) is 3.81. The van der Waals surface area contributed by atoms with Crippen molar-refractivity contribution in [1.29, 1.82) is 0 Å². The van der Waals surface area contributed by atoms with Crippen LogP contribution in [0.4, 0.5) is 0 Å². The molecule has 2 nitrogen and oxygen atoms in total. The second-order valence-corrected chi connectivity index (χ2v) is 7.11. The first-order chi connectivity index (χ1) is 13.8. The van der Waals surface area contributed by atoms with Crippen LogP contribution in [0.15, 0.2) is 79.4 Å². The maximum Gasteiger partial charge on any atom is 0.0590 e. The Balaban J connectivity index is 2.05. The van der Waals surface area contributed by atoms with E-state index in [4.69, 9.17) is 0 Å². The highest BCUT2D eigenvalue weighted by molar-refractivity contribution is 6.22. The number of hydrogen-bond acceptors (Lipinski definition) is 0. The number of benzene rings is 3. The first kappa shape index (κ1) is 16.6. The summed E-state index contributed by atoms with van der Waals surface area (Å²) in [6.45, 7) is 6.14. The van der Waals surface area contributed by atoms with E-state index < -0.39 is 0 Å². The Bertz CT molecular complexity index is 1380. The summed E-state index contributed by atoms with van der Waals surface area (Å²) in [4.78, 5) is 0. The zero-order valence-corrected chi connectivity index (χ0v) is 16.2. The second-order valence-electron chi connectivity index (χ2n) is 7.11. The molecule has 0 radical (unpaired) electrons. The first-order valence-corrected chi connectivity index (χ1v) is 9.61. The number of aromatic nitrogens is 2. The van der Waals surface area contributed by atoms with Crippen molar-refractivity contribution in [2.75, 3.05) is 0 Å². The second kappa shape index (κ2) is 6.28. The van der Waals surface area contributed by atoms with Gasteiger partial charge in [-0.25, -0.2) is 0 Å². The Labute approximate surface area is 164 Å². The average molecular weight is 362 g/mol. The van der Waals surface area contributed by atoms with E-state index in [0.717, 1.165) is 0 Å². The van der Waals surface area contributed by atoms with Gasteiger partial charge in [0.2, 0.25) is 0 Å². The summed E-state index contributed by atoms with van der Waals surface area (Å²) < 4.78 is 4.66. The normalized spacial score (nSPS) is 11.9. The largest absolute Gasteiger partial charge is 0.343 e. The van der Waals surface area contributed by atoms with Crippen LogP contribution in [0.5, 0.6) is 0 Å². The van der Waals surface area contributed by atoms with Gasteiger partial charge in [0.15, 0.2) is 0 Å². The van der Waals surface area contributed by atoms with Crippen LogP contribution in [-0.4, -0.2) is 9.13 Å². The Morgan fingerprint density at radius 1 is 0.821 bits per heavy atom. The number of fused-ring (bicyclic) bond motifs is 5. The van der Waals surface area contributed by atoms with Crippen molar-refractivity contribution < 1.29 is 0 Å². The Hall–Kier alpha value is -3.52. The summed E-state index contributed by atoms with van der Waals surface area (Å²) in [6.07, 6.45) is 6.23. The fourth-order valence-electron chi connectivity index (χ4n) is 4.48. The van der Waals surface area contributed by atoms with Crippen LogP contribution in [0.3, 0.4) is 0 Å². The predicted molar refractivity (Wildman–Crippen MR) is 122 cm³/mol. The lowest BCUT2D eigenvalue weighted by atomic mass is 10.1. The van der Waals surface area contributed by atoms with E-state index in [1.807, 2.05) is 6.08 Å². The third-order valence-electron chi connectivity index (χ3n) is 5.62. The van der Waals surface area contributed by atoms with E-state index in [9.17, 15) is 0 Å². The predicted octanol–water partition coefficient (Wildman–Crippen LogP) is 6.95. The monoisotopic (exact) mass is 362 g/mol. The van der Waals surface area contributed by atoms with Crippen molar-refractivity contribution in [3.05, 3.63) is 90.6 Å². The molecule has 136 valence electrons. The van der Waals surface area contributed by atoms with E-state index in [-0.39, 0.29) is 0 Å². The molecule has 0 bridgehead atoms. The summed E-state index contributed by atoms with van der Waals surface area (Å²) >= 11 is 0. The lowest BCUT2D eigenvalue weighted by Gasteiger charge is -2.07. The molecular weight excluding hydrogens is 340 g/mol. The highest BCUT2D eigenvalue weighted by Gasteiger charge is 2.19. The smallest absolute Gasteiger partial charge is 0.0590 e. The van der Waals surface area contributed by atoms with Gasteiger partial charge < -0.3 is 9.13 Å². The molecule has 5 aromatic rings. The van der Waals surface area contributed by atoms with Gasteiger partial charge in [-0.1, -0.05) is 61.2 Å². The number of para-hydroxylation sites is 2. The Morgan fingerprint density at radius 2 is 1.57 bits per heavy atom. The van der Waals surface area contributed by atoms with E-state index >= 15 is 0 Å². The van der Waals surface area contributed by atoms with E-state index in [1.54, 1.807) is 0 Å². The van der Waals surface area contributed by atoms with Crippen LogP contribution >= 0.6 is 0 Å². The van der Waals surface area contributed by atoms with Gasteiger partial charge in [-0.3, -0.25) is 0 Å². The molecule has 3 aromatic carbocycles. The zero-order chi connectivity index (χ0) is 19.3. The Kier molecular flexibility index (Phi) is 3.73. The van der Waals surface area contributed by atoms with Gasteiger partial charge in [0.25, 0.3) is 0 Å². The van der Waals surface area contributed by atoms with Crippen molar-refractivity contribution >= 4 is 44.9 Å².